The average molecular weight is 390 g/mol. The fourth-order valence-electron chi connectivity index (χ4n) is 3.04. The van der Waals surface area contributed by atoms with Crippen molar-refractivity contribution < 1.29 is 0 Å². The third-order valence-corrected chi connectivity index (χ3v) is 4.71. The molecule has 29 heavy (non-hydrogen) atoms. The van der Waals surface area contributed by atoms with Crippen LogP contribution in [0.2, 0.25) is 0 Å². The summed E-state index contributed by atoms with van der Waals surface area (Å²) in [6, 6.07) is 20.7. The summed E-state index contributed by atoms with van der Waals surface area (Å²) in [4.78, 5) is 11.6. The van der Waals surface area contributed by atoms with E-state index in [1.165, 1.54) is 5.56 Å². The molecule has 0 saturated carbocycles. The van der Waals surface area contributed by atoms with Gasteiger partial charge in [-0.1, -0.05) is 56.3 Å². The standard InChI is InChI=1S/C24H31N5/c1-18(2)19-11-13-21(14-12-19)26-23-17-22(20-9-6-5-7-10-20)27-24(28-23)25-15-8-16-29(3)4/h5-7,9-14,17-18H,8,15-16H2,1-4H3,(H2,25,26,27,28). The van der Waals surface area contributed by atoms with E-state index in [0.717, 1.165) is 42.3 Å². The number of rotatable bonds is 9. The number of nitrogens with one attached hydrogen (secondary N) is 2. The van der Waals surface area contributed by atoms with Crippen LogP contribution < -0.4 is 10.6 Å². The molecule has 2 aromatic carbocycles. The van der Waals surface area contributed by atoms with Gasteiger partial charge in [0, 0.05) is 23.9 Å². The van der Waals surface area contributed by atoms with Crippen LogP contribution in [0.3, 0.4) is 0 Å². The summed E-state index contributed by atoms with van der Waals surface area (Å²) < 4.78 is 0. The Balaban J connectivity index is 1.81. The SMILES string of the molecule is CC(C)c1ccc(Nc2cc(-c3ccccc3)nc(NCCCN(C)C)n2)cc1. The summed E-state index contributed by atoms with van der Waals surface area (Å²) in [5.41, 5.74) is 4.32. The highest BCUT2D eigenvalue weighted by Gasteiger charge is 2.08. The van der Waals surface area contributed by atoms with E-state index in [9.17, 15) is 0 Å². The molecule has 0 unspecified atom stereocenters. The molecule has 5 heteroatoms. The van der Waals surface area contributed by atoms with Gasteiger partial charge in [0.25, 0.3) is 0 Å². The van der Waals surface area contributed by atoms with Crippen molar-refractivity contribution in [1.82, 2.24) is 14.9 Å². The number of hydrogen-bond acceptors (Lipinski definition) is 5. The van der Waals surface area contributed by atoms with E-state index in [1.807, 2.05) is 24.3 Å². The second-order valence-electron chi connectivity index (χ2n) is 7.81. The molecule has 0 radical (unpaired) electrons. The van der Waals surface area contributed by atoms with Gasteiger partial charge in [-0.3, -0.25) is 0 Å². The normalized spacial score (nSPS) is 11.1. The van der Waals surface area contributed by atoms with Crippen LogP contribution in [0.5, 0.6) is 0 Å². The van der Waals surface area contributed by atoms with Gasteiger partial charge in [-0.2, -0.15) is 4.98 Å². The molecule has 2 N–H and O–H groups in total. The van der Waals surface area contributed by atoms with Gasteiger partial charge in [0.05, 0.1) is 5.69 Å². The Bertz CT molecular complexity index is 889. The summed E-state index contributed by atoms with van der Waals surface area (Å²) in [5, 5.41) is 6.80. The second-order valence-corrected chi connectivity index (χ2v) is 7.81. The minimum absolute atomic E-state index is 0.519. The lowest BCUT2D eigenvalue weighted by Gasteiger charge is -2.13. The van der Waals surface area contributed by atoms with Crippen molar-refractivity contribution in [1.29, 1.82) is 0 Å². The minimum atomic E-state index is 0.519. The molecule has 0 aliphatic heterocycles. The number of benzene rings is 2. The van der Waals surface area contributed by atoms with Gasteiger partial charge < -0.3 is 15.5 Å². The maximum absolute atomic E-state index is 4.72. The molecule has 1 heterocycles. The van der Waals surface area contributed by atoms with Crippen molar-refractivity contribution in [2.24, 2.45) is 0 Å². The minimum Gasteiger partial charge on any atom is -0.354 e. The third kappa shape index (κ3) is 6.29. The Morgan fingerprint density at radius 3 is 2.31 bits per heavy atom. The van der Waals surface area contributed by atoms with Crippen molar-refractivity contribution in [3.8, 4) is 11.3 Å². The maximum Gasteiger partial charge on any atom is 0.225 e. The van der Waals surface area contributed by atoms with E-state index >= 15 is 0 Å². The quantitative estimate of drug-likeness (QED) is 0.482. The molecule has 5 nitrogen and oxygen atoms in total. The molecule has 0 spiro atoms. The predicted octanol–water partition coefficient (Wildman–Crippen LogP) is 5.37. The van der Waals surface area contributed by atoms with E-state index in [0.29, 0.717) is 11.9 Å². The molecule has 0 bridgehead atoms. The van der Waals surface area contributed by atoms with Gasteiger partial charge >= 0.3 is 0 Å². The summed E-state index contributed by atoms with van der Waals surface area (Å²) in [5.74, 6) is 1.95. The first-order chi connectivity index (χ1) is 14.0. The van der Waals surface area contributed by atoms with E-state index in [-0.39, 0.29) is 0 Å². The molecule has 3 rings (SSSR count). The van der Waals surface area contributed by atoms with Crippen LogP contribution in [-0.4, -0.2) is 42.1 Å². The Hall–Kier alpha value is -2.92. The lowest BCUT2D eigenvalue weighted by Crippen LogP contribution is -2.17. The van der Waals surface area contributed by atoms with Gasteiger partial charge in [-0.25, -0.2) is 4.98 Å². The molecule has 0 atom stereocenters. The van der Waals surface area contributed by atoms with Crippen molar-refractivity contribution in [3.63, 3.8) is 0 Å². The zero-order chi connectivity index (χ0) is 20.6. The van der Waals surface area contributed by atoms with Crippen LogP contribution >= 0.6 is 0 Å². The van der Waals surface area contributed by atoms with Crippen LogP contribution in [0, 0.1) is 0 Å². The molecule has 0 aliphatic rings. The van der Waals surface area contributed by atoms with Crippen molar-refractivity contribution >= 4 is 17.5 Å². The summed E-state index contributed by atoms with van der Waals surface area (Å²) in [6.45, 7) is 6.26. The predicted molar refractivity (Wildman–Crippen MR) is 123 cm³/mol. The topological polar surface area (TPSA) is 53.1 Å². The van der Waals surface area contributed by atoms with Crippen LogP contribution in [-0.2, 0) is 0 Å². The molecule has 0 fully saturated rings. The first-order valence-electron chi connectivity index (χ1n) is 10.2. The van der Waals surface area contributed by atoms with Crippen molar-refractivity contribution in [2.75, 3.05) is 37.8 Å². The van der Waals surface area contributed by atoms with Crippen molar-refractivity contribution in [2.45, 2.75) is 26.2 Å². The Kier molecular flexibility index (Phi) is 7.19. The summed E-state index contributed by atoms with van der Waals surface area (Å²) in [6.07, 6.45) is 1.03. The molecule has 0 saturated heterocycles. The Morgan fingerprint density at radius 2 is 1.66 bits per heavy atom. The lowest BCUT2D eigenvalue weighted by molar-refractivity contribution is 0.405. The average Bonchev–Trinajstić information content (AvgIpc) is 2.72. The lowest BCUT2D eigenvalue weighted by atomic mass is 10.0. The maximum atomic E-state index is 4.72. The van der Waals surface area contributed by atoms with Crippen LogP contribution in [0.15, 0.2) is 60.7 Å². The van der Waals surface area contributed by atoms with E-state index in [4.69, 9.17) is 4.98 Å². The van der Waals surface area contributed by atoms with Gasteiger partial charge in [-0.05, 0) is 50.7 Å². The third-order valence-electron chi connectivity index (χ3n) is 4.71. The number of hydrogen-bond donors (Lipinski definition) is 2. The number of aromatic nitrogens is 2. The highest BCUT2D eigenvalue weighted by molar-refractivity contribution is 5.67. The molecular formula is C24H31N5. The Morgan fingerprint density at radius 1 is 0.931 bits per heavy atom. The van der Waals surface area contributed by atoms with E-state index in [1.54, 1.807) is 0 Å². The second kappa shape index (κ2) is 10.0. The zero-order valence-electron chi connectivity index (χ0n) is 17.8. The summed E-state index contributed by atoms with van der Waals surface area (Å²) >= 11 is 0. The van der Waals surface area contributed by atoms with Crippen molar-refractivity contribution in [3.05, 3.63) is 66.2 Å². The molecular weight excluding hydrogens is 358 g/mol. The monoisotopic (exact) mass is 389 g/mol. The first-order valence-corrected chi connectivity index (χ1v) is 10.2. The largest absolute Gasteiger partial charge is 0.354 e. The molecule has 0 aliphatic carbocycles. The van der Waals surface area contributed by atoms with Gasteiger partial charge in [0.15, 0.2) is 0 Å². The van der Waals surface area contributed by atoms with Crippen LogP contribution in [0.1, 0.15) is 31.7 Å². The fraction of sp³-hybridized carbons (Fsp3) is 0.333. The fourth-order valence-corrected chi connectivity index (χ4v) is 3.04. The van der Waals surface area contributed by atoms with E-state index in [2.05, 4.69) is 84.9 Å². The summed E-state index contributed by atoms with van der Waals surface area (Å²) in [7, 11) is 4.16. The zero-order valence-corrected chi connectivity index (χ0v) is 17.8. The highest BCUT2D eigenvalue weighted by atomic mass is 15.1. The van der Waals surface area contributed by atoms with Gasteiger partial charge in [-0.15, -0.1) is 0 Å². The molecule has 0 amide bonds. The molecule has 152 valence electrons. The van der Waals surface area contributed by atoms with Crippen LogP contribution in [0.4, 0.5) is 17.5 Å². The number of nitrogens with zero attached hydrogens (tertiary/aromatic N) is 3. The molecule has 3 aromatic rings. The van der Waals surface area contributed by atoms with E-state index < -0.39 is 0 Å². The van der Waals surface area contributed by atoms with Gasteiger partial charge in [0.1, 0.15) is 5.82 Å². The highest BCUT2D eigenvalue weighted by Crippen LogP contribution is 2.24. The first kappa shape index (κ1) is 20.8. The smallest absolute Gasteiger partial charge is 0.225 e. The van der Waals surface area contributed by atoms with Gasteiger partial charge in [0.2, 0.25) is 5.95 Å². The number of anilines is 3. The molecule has 1 aromatic heterocycles. The van der Waals surface area contributed by atoms with Crippen LogP contribution in [0.25, 0.3) is 11.3 Å². The Labute approximate surface area is 174 Å².